The highest BCUT2D eigenvalue weighted by atomic mass is 16.2. The van der Waals surface area contributed by atoms with Crippen molar-refractivity contribution in [1.82, 2.24) is 10.6 Å². The fourth-order valence-corrected chi connectivity index (χ4v) is 2.02. The molecule has 1 amide bonds. The van der Waals surface area contributed by atoms with Crippen LogP contribution in [0.25, 0.3) is 0 Å². The summed E-state index contributed by atoms with van der Waals surface area (Å²) < 4.78 is 0. The number of carbonyl (C=O) groups excluding carboxylic acids is 1. The van der Waals surface area contributed by atoms with Crippen molar-refractivity contribution in [1.29, 1.82) is 0 Å². The first kappa shape index (κ1) is 12.5. The number of hydrogen-bond donors (Lipinski definition) is 2. The van der Waals surface area contributed by atoms with Crippen molar-refractivity contribution in [2.75, 3.05) is 6.54 Å². The molecule has 0 aromatic rings. The quantitative estimate of drug-likeness (QED) is 0.659. The van der Waals surface area contributed by atoms with Crippen molar-refractivity contribution in [3.8, 4) is 0 Å². The molecule has 1 heterocycles. The first-order chi connectivity index (χ1) is 7.24. The molecule has 15 heavy (non-hydrogen) atoms. The molecule has 0 aromatic heterocycles. The fraction of sp³-hybridized carbons (Fsp3) is 0.917. The minimum absolute atomic E-state index is 0.0682. The summed E-state index contributed by atoms with van der Waals surface area (Å²) in [7, 11) is 0. The Bertz CT molecular complexity index is 188. The van der Waals surface area contributed by atoms with E-state index in [1.54, 1.807) is 0 Å². The van der Waals surface area contributed by atoms with Gasteiger partial charge >= 0.3 is 0 Å². The maximum absolute atomic E-state index is 11.7. The highest BCUT2D eigenvalue weighted by molar-refractivity contribution is 5.82. The summed E-state index contributed by atoms with van der Waals surface area (Å²) in [4.78, 5) is 11.7. The zero-order valence-electron chi connectivity index (χ0n) is 10.0. The van der Waals surface area contributed by atoms with Gasteiger partial charge < -0.3 is 10.6 Å². The van der Waals surface area contributed by atoms with Crippen molar-refractivity contribution >= 4 is 5.91 Å². The molecule has 0 unspecified atom stereocenters. The highest BCUT2D eigenvalue weighted by Gasteiger charge is 2.22. The van der Waals surface area contributed by atoms with Crippen LogP contribution in [0.4, 0.5) is 0 Å². The van der Waals surface area contributed by atoms with Crippen molar-refractivity contribution in [3.05, 3.63) is 0 Å². The smallest absolute Gasteiger partial charge is 0.237 e. The zero-order valence-corrected chi connectivity index (χ0v) is 10.0. The molecule has 0 aromatic carbocycles. The standard InChI is InChI=1S/C12H24N2O/c1-3-4-5-7-10(2)14-12(15)11-8-6-9-13-11/h10-11,13H,3-9H2,1-2H3,(H,14,15)/t10-,11+/m1/s1. The number of nitrogens with one attached hydrogen (secondary N) is 2. The van der Waals surface area contributed by atoms with E-state index in [0.29, 0.717) is 6.04 Å². The SMILES string of the molecule is CCCCC[C@@H](C)NC(=O)[C@@H]1CCCN1. The average Bonchev–Trinajstić information content (AvgIpc) is 2.70. The van der Waals surface area contributed by atoms with Crippen LogP contribution in [0.2, 0.25) is 0 Å². The van der Waals surface area contributed by atoms with Crippen LogP contribution >= 0.6 is 0 Å². The molecule has 0 saturated carbocycles. The molecule has 1 saturated heterocycles. The van der Waals surface area contributed by atoms with Gasteiger partial charge in [0.1, 0.15) is 0 Å². The molecule has 3 heteroatoms. The minimum atomic E-state index is 0.0682. The Morgan fingerprint density at radius 3 is 2.93 bits per heavy atom. The number of unbranched alkanes of at least 4 members (excludes halogenated alkanes) is 2. The van der Waals surface area contributed by atoms with E-state index in [4.69, 9.17) is 0 Å². The van der Waals surface area contributed by atoms with E-state index >= 15 is 0 Å². The molecule has 2 atom stereocenters. The van der Waals surface area contributed by atoms with Gasteiger partial charge in [-0.1, -0.05) is 26.2 Å². The third-order valence-corrected chi connectivity index (χ3v) is 3.01. The highest BCUT2D eigenvalue weighted by Crippen LogP contribution is 2.07. The fourth-order valence-electron chi connectivity index (χ4n) is 2.02. The lowest BCUT2D eigenvalue weighted by atomic mass is 10.1. The molecule has 0 aliphatic carbocycles. The second kappa shape index (κ2) is 6.83. The van der Waals surface area contributed by atoms with E-state index in [1.165, 1.54) is 19.3 Å². The first-order valence-corrected chi connectivity index (χ1v) is 6.27. The molecule has 1 aliphatic rings. The molecule has 0 bridgehead atoms. The normalized spacial score (nSPS) is 22.7. The van der Waals surface area contributed by atoms with Gasteiger partial charge in [0, 0.05) is 6.04 Å². The lowest BCUT2D eigenvalue weighted by Crippen LogP contribution is -2.44. The minimum Gasteiger partial charge on any atom is -0.352 e. The van der Waals surface area contributed by atoms with E-state index in [-0.39, 0.29) is 11.9 Å². The molecule has 1 rings (SSSR count). The Balaban J connectivity index is 2.13. The zero-order chi connectivity index (χ0) is 11.1. The number of rotatable bonds is 6. The molecular formula is C12H24N2O. The maximum Gasteiger partial charge on any atom is 0.237 e. The molecular weight excluding hydrogens is 188 g/mol. The van der Waals surface area contributed by atoms with Crippen LogP contribution < -0.4 is 10.6 Å². The van der Waals surface area contributed by atoms with Gasteiger partial charge in [0.15, 0.2) is 0 Å². The predicted octanol–water partition coefficient (Wildman–Crippen LogP) is 1.82. The summed E-state index contributed by atoms with van der Waals surface area (Å²) in [6.45, 7) is 5.29. The van der Waals surface area contributed by atoms with Crippen LogP contribution in [0.5, 0.6) is 0 Å². The van der Waals surface area contributed by atoms with E-state index in [2.05, 4.69) is 24.5 Å². The number of carbonyl (C=O) groups is 1. The van der Waals surface area contributed by atoms with Crippen molar-refractivity contribution in [2.45, 2.75) is 64.5 Å². The maximum atomic E-state index is 11.7. The van der Waals surface area contributed by atoms with E-state index in [9.17, 15) is 4.79 Å². The van der Waals surface area contributed by atoms with Crippen LogP contribution in [-0.2, 0) is 4.79 Å². The monoisotopic (exact) mass is 212 g/mol. The van der Waals surface area contributed by atoms with Crippen LogP contribution in [-0.4, -0.2) is 24.5 Å². The molecule has 88 valence electrons. The van der Waals surface area contributed by atoms with Gasteiger partial charge in [-0.2, -0.15) is 0 Å². The lowest BCUT2D eigenvalue weighted by molar-refractivity contribution is -0.123. The molecule has 1 aliphatic heterocycles. The van der Waals surface area contributed by atoms with Gasteiger partial charge in [-0.25, -0.2) is 0 Å². The molecule has 2 N–H and O–H groups in total. The largest absolute Gasteiger partial charge is 0.352 e. The molecule has 0 spiro atoms. The predicted molar refractivity (Wildman–Crippen MR) is 62.8 cm³/mol. The summed E-state index contributed by atoms with van der Waals surface area (Å²) in [5.41, 5.74) is 0. The van der Waals surface area contributed by atoms with Crippen molar-refractivity contribution < 1.29 is 4.79 Å². The summed E-state index contributed by atoms with van der Waals surface area (Å²) >= 11 is 0. The third kappa shape index (κ3) is 4.65. The lowest BCUT2D eigenvalue weighted by Gasteiger charge is -2.17. The summed E-state index contributed by atoms with van der Waals surface area (Å²) in [5, 5.41) is 6.30. The summed E-state index contributed by atoms with van der Waals surface area (Å²) in [5.74, 6) is 0.191. The van der Waals surface area contributed by atoms with Gasteiger partial charge in [0.05, 0.1) is 6.04 Å². The average molecular weight is 212 g/mol. The van der Waals surface area contributed by atoms with Crippen molar-refractivity contribution in [2.24, 2.45) is 0 Å². The Hall–Kier alpha value is -0.570. The molecule has 0 radical (unpaired) electrons. The number of amides is 1. The molecule has 3 nitrogen and oxygen atoms in total. The second-order valence-electron chi connectivity index (χ2n) is 4.55. The second-order valence-corrected chi connectivity index (χ2v) is 4.55. The van der Waals surface area contributed by atoms with Crippen molar-refractivity contribution in [3.63, 3.8) is 0 Å². The Morgan fingerprint density at radius 2 is 2.33 bits per heavy atom. The van der Waals surface area contributed by atoms with Gasteiger partial charge in [-0.15, -0.1) is 0 Å². The Morgan fingerprint density at radius 1 is 1.53 bits per heavy atom. The first-order valence-electron chi connectivity index (χ1n) is 6.27. The van der Waals surface area contributed by atoms with Crippen LogP contribution in [0.1, 0.15) is 52.4 Å². The van der Waals surface area contributed by atoms with Crippen LogP contribution in [0.15, 0.2) is 0 Å². The Labute approximate surface area is 93.0 Å². The summed E-state index contributed by atoms with van der Waals surface area (Å²) in [6, 6.07) is 0.394. The Kier molecular flexibility index (Phi) is 5.69. The molecule has 1 fully saturated rings. The van der Waals surface area contributed by atoms with Crippen LogP contribution in [0, 0.1) is 0 Å². The number of hydrogen-bond acceptors (Lipinski definition) is 2. The van der Waals surface area contributed by atoms with E-state index in [1.807, 2.05) is 0 Å². The van der Waals surface area contributed by atoms with Gasteiger partial charge in [0.2, 0.25) is 5.91 Å². The third-order valence-electron chi connectivity index (χ3n) is 3.01. The van der Waals surface area contributed by atoms with E-state index < -0.39 is 0 Å². The van der Waals surface area contributed by atoms with Crippen LogP contribution in [0.3, 0.4) is 0 Å². The van der Waals surface area contributed by atoms with Gasteiger partial charge in [-0.3, -0.25) is 4.79 Å². The van der Waals surface area contributed by atoms with Gasteiger partial charge in [0.25, 0.3) is 0 Å². The van der Waals surface area contributed by atoms with E-state index in [0.717, 1.165) is 25.8 Å². The topological polar surface area (TPSA) is 41.1 Å². The summed E-state index contributed by atoms with van der Waals surface area (Å²) in [6.07, 6.45) is 6.95. The van der Waals surface area contributed by atoms with Gasteiger partial charge in [-0.05, 0) is 32.7 Å².